The fraction of sp³-hybridized carbons (Fsp3) is 0.273. The number of phenols is 1. The van der Waals surface area contributed by atoms with Crippen LogP contribution in [0.4, 0.5) is 0 Å². The van der Waals surface area contributed by atoms with Crippen molar-refractivity contribution in [1.29, 1.82) is 0 Å². The zero-order chi connectivity index (χ0) is 10.6. The summed E-state index contributed by atoms with van der Waals surface area (Å²) in [5, 5.41) is 12.6. The Morgan fingerprint density at radius 3 is 2.93 bits per heavy atom. The van der Waals surface area contributed by atoms with E-state index >= 15 is 0 Å². The second kappa shape index (κ2) is 5.17. The summed E-state index contributed by atoms with van der Waals surface area (Å²) in [5.41, 5.74) is 1.07. The first kappa shape index (κ1) is 11.3. The predicted molar refractivity (Wildman–Crippen MR) is 62.6 cm³/mol. The Hall–Kier alpha value is -0.800. The zero-order valence-corrected chi connectivity index (χ0v) is 9.71. The van der Waals surface area contributed by atoms with E-state index in [-0.39, 0.29) is 6.04 Å². The summed E-state index contributed by atoms with van der Waals surface area (Å²) in [6.45, 7) is 6.51. The topological polar surface area (TPSA) is 32.3 Å². The van der Waals surface area contributed by atoms with Crippen LogP contribution in [0.25, 0.3) is 0 Å². The summed E-state index contributed by atoms with van der Waals surface area (Å²) in [7, 11) is 0. The molecule has 1 aromatic rings. The molecule has 0 radical (unpaired) electrons. The molecule has 0 aliphatic rings. The molecule has 1 aromatic carbocycles. The van der Waals surface area contributed by atoms with E-state index in [0.717, 1.165) is 16.6 Å². The minimum Gasteiger partial charge on any atom is -0.508 e. The number of hydrogen-bond donors (Lipinski definition) is 2. The molecule has 1 rings (SSSR count). The molecule has 14 heavy (non-hydrogen) atoms. The Morgan fingerprint density at radius 1 is 1.64 bits per heavy atom. The maximum atomic E-state index is 9.28. The fourth-order valence-electron chi connectivity index (χ4n) is 1.18. The van der Waals surface area contributed by atoms with Crippen molar-refractivity contribution in [3.05, 3.63) is 40.9 Å². The van der Waals surface area contributed by atoms with Crippen LogP contribution in [0.2, 0.25) is 0 Å². The average Bonchev–Trinajstić information content (AvgIpc) is 2.14. The van der Waals surface area contributed by atoms with Crippen molar-refractivity contribution >= 4 is 15.9 Å². The molecule has 2 nitrogen and oxygen atoms in total. The van der Waals surface area contributed by atoms with E-state index in [1.54, 1.807) is 12.1 Å². The highest BCUT2D eigenvalue weighted by Gasteiger charge is 2.04. The molecule has 1 unspecified atom stereocenters. The number of rotatable bonds is 4. The van der Waals surface area contributed by atoms with E-state index in [9.17, 15) is 5.11 Å². The van der Waals surface area contributed by atoms with Crippen molar-refractivity contribution < 1.29 is 5.11 Å². The SMILES string of the molecule is C=C(Br)CNC(C)c1cccc(O)c1. The lowest BCUT2D eigenvalue weighted by molar-refractivity contribution is 0.473. The molecule has 1 atom stereocenters. The van der Waals surface area contributed by atoms with Crippen LogP contribution in [0.5, 0.6) is 5.75 Å². The number of benzene rings is 1. The van der Waals surface area contributed by atoms with Gasteiger partial charge in [-0.1, -0.05) is 34.6 Å². The summed E-state index contributed by atoms with van der Waals surface area (Å²) >= 11 is 3.28. The standard InChI is InChI=1S/C11H14BrNO/c1-8(12)7-13-9(2)10-4-3-5-11(14)6-10/h3-6,9,13-14H,1,7H2,2H3. The Labute approximate surface area is 92.8 Å². The Kier molecular flexibility index (Phi) is 4.17. The number of phenolic OH excluding ortho intramolecular Hbond substituents is 1. The third-order valence-corrected chi connectivity index (χ3v) is 2.25. The van der Waals surface area contributed by atoms with Gasteiger partial charge in [-0.05, 0) is 24.6 Å². The Bertz CT molecular complexity index is 325. The van der Waals surface area contributed by atoms with E-state index in [1.165, 1.54) is 0 Å². The minimum absolute atomic E-state index is 0.205. The van der Waals surface area contributed by atoms with Crippen molar-refractivity contribution in [3.63, 3.8) is 0 Å². The van der Waals surface area contributed by atoms with E-state index in [1.807, 2.05) is 19.1 Å². The van der Waals surface area contributed by atoms with Crippen LogP contribution in [0.15, 0.2) is 35.3 Å². The smallest absolute Gasteiger partial charge is 0.115 e. The van der Waals surface area contributed by atoms with E-state index in [4.69, 9.17) is 0 Å². The normalized spacial score (nSPS) is 12.4. The number of aromatic hydroxyl groups is 1. The first-order valence-electron chi connectivity index (χ1n) is 4.45. The quantitative estimate of drug-likeness (QED) is 0.868. The highest BCUT2D eigenvalue weighted by atomic mass is 79.9. The molecule has 3 heteroatoms. The Balaban J connectivity index is 2.60. The van der Waals surface area contributed by atoms with Gasteiger partial charge in [-0.3, -0.25) is 0 Å². The molecular formula is C11H14BrNO. The van der Waals surface area contributed by atoms with Crippen LogP contribution < -0.4 is 5.32 Å². The average molecular weight is 256 g/mol. The number of hydrogen-bond acceptors (Lipinski definition) is 2. The summed E-state index contributed by atoms with van der Waals surface area (Å²) in [5.74, 6) is 0.300. The molecular weight excluding hydrogens is 242 g/mol. The summed E-state index contributed by atoms with van der Waals surface area (Å²) in [6, 6.07) is 7.45. The molecule has 0 bridgehead atoms. The van der Waals surface area contributed by atoms with Crippen molar-refractivity contribution in [3.8, 4) is 5.75 Å². The summed E-state index contributed by atoms with van der Waals surface area (Å²) < 4.78 is 0.921. The van der Waals surface area contributed by atoms with Gasteiger partial charge in [0.1, 0.15) is 5.75 Å². The second-order valence-corrected chi connectivity index (χ2v) is 4.34. The van der Waals surface area contributed by atoms with Gasteiger partial charge in [-0.2, -0.15) is 0 Å². The molecule has 0 saturated heterocycles. The third-order valence-electron chi connectivity index (χ3n) is 1.97. The fourth-order valence-corrected chi connectivity index (χ4v) is 1.34. The number of halogens is 1. The molecule has 0 amide bonds. The molecule has 0 aliphatic carbocycles. The van der Waals surface area contributed by atoms with Crippen LogP contribution in [-0.2, 0) is 0 Å². The highest BCUT2D eigenvalue weighted by Crippen LogP contribution is 2.17. The van der Waals surface area contributed by atoms with Gasteiger partial charge >= 0.3 is 0 Å². The van der Waals surface area contributed by atoms with Crippen molar-refractivity contribution in [2.45, 2.75) is 13.0 Å². The predicted octanol–water partition coefficient (Wildman–Crippen LogP) is 2.95. The molecule has 0 aliphatic heterocycles. The van der Waals surface area contributed by atoms with Crippen molar-refractivity contribution in [2.24, 2.45) is 0 Å². The lowest BCUT2D eigenvalue weighted by Crippen LogP contribution is -2.19. The molecule has 0 saturated carbocycles. The molecule has 0 spiro atoms. The van der Waals surface area contributed by atoms with Gasteiger partial charge in [-0.25, -0.2) is 0 Å². The maximum Gasteiger partial charge on any atom is 0.115 e. The lowest BCUT2D eigenvalue weighted by Gasteiger charge is -2.13. The van der Waals surface area contributed by atoms with Gasteiger partial charge < -0.3 is 10.4 Å². The van der Waals surface area contributed by atoms with Crippen LogP contribution in [0.3, 0.4) is 0 Å². The molecule has 0 heterocycles. The minimum atomic E-state index is 0.205. The van der Waals surface area contributed by atoms with Crippen LogP contribution in [0, 0.1) is 0 Å². The van der Waals surface area contributed by atoms with Gasteiger partial charge in [0.05, 0.1) is 0 Å². The molecule has 76 valence electrons. The van der Waals surface area contributed by atoms with E-state index < -0.39 is 0 Å². The van der Waals surface area contributed by atoms with E-state index in [2.05, 4.69) is 27.8 Å². The summed E-state index contributed by atoms with van der Waals surface area (Å²) in [4.78, 5) is 0. The second-order valence-electron chi connectivity index (χ2n) is 3.21. The monoisotopic (exact) mass is 255 g/mol. The van der Waals surface area contributed by atoms with Gasteiger partial charge in [0.2, 0.25) is 0 Å². The molecule has 0 fully saturated rings. The van der Waals surface area contributed by atoms with Crippen LogP contribution in [0.1, 0.15) is 18.5 Å². The van der Waals surface area contributed by atoms with Gasteiger partial charge in [0, 0.05) is 17.1 Å². The Morgan fingerprint density at radius 2 is 2.36 bits per heavy atom. The van der Waals surface area contributed by atoms with Crippen molar-refractivity contribution in [2.75, 3.05) is 6.54 Å². The van der Waals surface area contributed by atoms with Gasteiger partial charge in [0.25, 0.3) is 0 Å². The van der Waals surface area contributed by atoms with Gasteiger partial charge in [0.15, 0.2) is 0 Å². The van der Waals surface area contributed by atoms with Gasteiger partial charge in [-0.15, -0.1) is 0 Å². The third kappa shape index (κ3) is 3.52. The molecule has 2 N–H and O–H groups in total. The zero-order valence-electron chi connectivity index (χ0n) is 8.13. The van der Waals surface area contributed by atoms with E-state index in [0.29, 0.717) is 5.75 Å². The van der Waals surface area contributed by atoms with Crippen molar-refractivity contribution in [1.82, 2.24) is 5.32 Å². The van der Waals surface area contributed by atoms with Crippen LogP contribution in [-0.4, -0.2) is 11.7 Å². The van der Waals surface area contributed by atoms with Crippen LogP contribution >= 0.6 is 15.9 Å². The maximum absolute atomic E-state index is 9.28. The number of nitrogens with one attached hydrogen (secondary N) is 1. The highest BCUT2D eigenvalue weighted by molar-refractivity contribution is 9.11. The summed E-state index contributed by atoms with van der Waals surface area (Å²) in [6.07, 6.45) is 0. The largest absolute Gasteiger partial charge is 0.508 e. The lowest BCUT2D eigenvalue weighted by atomic mass is 10.1. The first-order chi connectivity index (χ1) is 6.59. The first-order valence-corrected chi connectivity index (χ1v) is 5.24. The molecule has 0 aromatic heterocycles.